The SMILES string of the molecule is Cc1nccn1-c1cc(NC(=O)Nc2ccc(F)cc2F)ncn1. The number of aryl methyl sites for hydroxylation is 1. The van der Waals surface area contributed by atoms with E-state index >= 15 is 0 Å². The first-order valence-corrected chi connectivity index (χ1v) is 6.88. The van der Waals surface area contributed by atoms with Crippen molar-refractivity contribution in [3.05, 3.63) is 60.4 Å². The summed E-state index contributed by atoms with van der Waals surface area (Å²) in [5, 5.41) is 4.74. The first kappa shape index (κ1) is 15.5. The molecule has 0 saturated heterocycles. The number of hydrogen-bond acceptors (Lipinski definition) is 4. The molecular weight excluding hydrogens is 318 g/mol. The summed E-state index contributed by atoms with van der Waals surface area (Å²) in [7, 11) is 0. The normalized spacial score (nSPS) is 10.5. The molecule has 0 saturated carbocycles. The van der Waals surface area contributed by atoms with Gasteiger partial charge in [0.15, 0.2) is 0 Å². The highest BCUT2D eigenvalue weighted by Crippen LogP contribution is 2.16. The minimum atomic E-state index is -0.873. The fourth-order valence-corrected chi connectivity index (χ4v) is 2.03. The van der Waals surface area contributed by atoms with Gasteiger partial charge in [0.25, 0.3) is 0 Å². The second-order valence-corrected chi connectivity index (χ2v) is 4.81. The van der Waals surface area contributed by atoms with Crippen molar-refractivity contribution in [1.29, 1.82) is 0 Å². The molecule has 0 spiro atoms. The molecule has 122 valence electrons. The molecule has 7 nitrogen and oxygen atoms in total. The van der Waals surface area contributed by atoms with Gasteiger partial charge in [0.1, 0.15) is 35.4 Å². The van der Waals surface area contributed by atoms with E-state index in [4.69, 9.17) is 0 Å². The fraction of sp³-hybridized carbons (Fsp3) is 0.0667. The zero-order chi connectivity index (χ0) is 17.1. The van der Waals surface area contributed by atoms with Crippen LogP contribution < -0.4 is 10.6 Å². The lowest BCUT2D eigenvalue weighted by Gasteiger charge is -2.09. The van der Waals surface area contributed by atoms with E-state index in [-0.39, 0.29) is 11.5 Å². The maximum absolute atomic E-state index is 13.5. The minimum Gasteiger partial charge on any atom is -0.305 e. The molecule has 24 heavy (non-hydrogen) atoms. The zero-order valence-corrected chi connectivity index (χ0v) is 12.5. The summed E-state index contributed by atoms with van der Waals surface area (Å²) in [5.41, 5.74) is -0.145. The van der Waals surface area contributed by atoms with E-state index in [0.29, 0.717) is 11.9 Å². The lowest BCUT2D eigenvalue weighted by atomic mass is 10.3. The summed E-state index contributed by atoms with van der Waals surface area (Å²) in [6.07, 6.45) is 4.62. The number of nitrogens with zero attached hydrogens (tertiary/aromatic N) is 4. The Morgan fingerprint density at radius 3 is 2.67 bits per heavy atom. The van der Waals surface area contributed by atoms with Crippen LogP contribution in [0.4, 0.5) is 25.1 Å². The molecule has 0 radical (unpaired) electrons. The third-order valence-corrected chi connectivity index (χ3v) is 3.15. The van der Waals surface area contributed by atoms with Crippen LogP contribution in [0.15, 0.2) is 43.0 Å². The van der Waals surface area contributed by atoms with Gasteiger partial charge in [0, 0.05) is 24.5 Å². The number of rotatable bonds is 3. The van der Waals surface area contributed by atoms with Crippen LogP contribution in [0.25, 0.3) is 5.82 Å². The zero-order valence-electron chi connectivity index (χ0n) is 12.5. The predicted molar refractivity (Wildman–Crippen MR) is 82.9 cm³/mol. The summed E-state index contributed by atoms with van der Waals surface area (Å²) in [6, 6.07) is 3.68. The van der Waals surface area contributed by atoms with Gasteiger partial charge in [-0.2, -0.15) is 0 Å². The number of carbonyl (C=O) groups excluding carboxylic acids is 1. The number of imidazole rings is 1. The Morgan fingerprint density at radius 1 is 1.12 bits per heavy atom. The van der Waals surface area contributed by atoms with Crippen LogP contribution in [0.5, 0.6) is 0 Å². The highest BCUT2D eigenvalue weighted by molar-refractivity contribution is 5.99. The van der Waals surface area contributed by atoms with Crippen LogP contribution in [-0.4, -0.2) is 25.6 Å². The number of aromatic nitrogens is 4. The van der Waals surface area contributed by atoms with Gasteiger partial charge in [-0.25, -0.2) is 28.5 Å². The molecule has 0 unspecified atom stereocenters. The van der Waals surface area contributed by atoms with Crippen molar-refractivity contribution in [1.82, 2.24) is 19.5 Å². The van der Waals surface area contributed by atoms with E-state index < -0.39 is 17.7 Å². The second kappa shape index (κ2) is 6.41. The van der Waals surface area contributed by atoms with Gasteiger partial charge in [-0.1, -0.05) is 0 Å². The first-order chi connectivity index (χ1) is 11.5. The molecule has 9 heteroatoms. The Kier molecular flexibility index (Phi) is 4.15. The molecule has 2 amide bonds. The van der Waals surface area contributed by atoms with E-state index in [9.17, 15) is 13.6 Å². The average molecular weight is 330 g/mol. The predicted octanol–water partition coefficient (Wildman–Crippen LogP) is 2.89. The summed E-state index contributed by atoms with van der Waals surface area (Å²) in [5.74, 6) is -0.147. The standard InChI is InChI=1S/C15H12F2N6O/c1-9-18-4-5-23(9)14-7-13(19-8-20-14)22-15(24)21-12-3-2-10(16)6-11(12)17/h2-8H,1H3,(H2,19,20,21,22,24). The summed E-state index contributed by atoms with van der Waals surface area (Å²) in [6.45, 7) is 1.80. The third kappa shape index (κ3) is 3.35. The highest BCUT2D eigenvalue weighted by atomic mass is 19.1. The Bertz CT molecular complexity index is 895. The van der Waals surface area contributed by atoms with Gasteiger partial charge >= 0.3 is 6.03 Å². The molecule has 0 aliphatic carbocycles. The monoisotopic (exact) mass is 330 g/mol. The van der Waals surface area contributed by atoms with E-state index in [1.807, 2.05) is 0 Å². The molecule has 0 fully saturated rings. The van der Waals surface area contributed by atoms with Gasteiger partial charge in [0.2, 0.25) is 0 Å². The number of amides is 2. The van der Waals surface area contributed by atoms with Crippen LogP contribution in [-0.2, 0) is 0 Å². The number of nitrogens with one attached hydrogen (secondary N) is 2. The first-order valence-electron chi connectivity index (χ1n) is 6.88. The van der Waals surface area contributed by atoms with Crippen molar-refractivity contribution in [3.63, 3.8) is 0 Å². The number of hydrogen-bond donors (Lipinski definition) is 2. The smallest absolute Gasteiger partial charge is 0.305 e. The molecule has 1 aromatic carbocycles. The van der Waals surface area contributed by atoms with Crippen LogP contribution in [0, 0.1) is 18.6 Å². The van der Waals surface area contributed by atoms with Crippen LogP contribution >= 0.6 is 0 Å². The lowest BCUT2D eigenvalue weighted by molar-refractivity contribution is 0.262. The van der Waals surface area contributed by atoms with Gasteiger partial charge in [0.05, 0.1) is 5.69 Å². The molecule has 3 aromatic rings. The molecule has 2 heterocycles. The van der Waals surface area contributed by atoms with Crippen molar-refractivity contribution in [2.75, 3.05) is 10.6 Å². The average Bonchev–Trinajstić information content (AvgIpc) is 2.96. The van der Waals surface area contributed by atoms with E-state index in [1.165, 1.54) is 12.4 Å². The van der Waals surface area contributed by atoms with Crippen LogP contribution in [0.2, 0.25) is 0 Å². The molecule has 0 aliphatic rings. The fourth-order valence-electron chi connectivity index (χ4n) is 2.03. The lowest BCUT2D eigenvalue weighted by Crippen LogP contribution is -2.21. The highest BCUT2D eigenvalue weighted by Gasteiger charge is 2.10. The molecular formula is C15H12F2N6O. The molecule has 2 N–H and O–H groups in total. The van der Waals surface area contributed by atoms with Gasteiger partial charge in [-0.3, -0.25) is 9.88 Å². The summed E-state index contributed by atoms with van der Waals surface area (Å²) >= 11 is 0. The second-order valence-electron chi connectivity index (χ2n) is 4.81. The van der Waals surface area contributed by atoms with Crippen molar-refractivity contribution in [2.45, 2.75) is 6.92 Å². The van der Waals surface area contributed by atoms with Gasteiger partial charge in [-0.15, -0.1) is 0 Å². The van der Waals surface area contributed by atoms with Crippen molar-refractivity contribution in [2.24, 2.45) is 0 Å². The van der Waals surface area contributed by atoms with E-state index in [0.717, 1.165) is 18.0 Å². The topological polar surface area (TPSA) is 84.7 Å². The van der Waals surface area contributed by atoms with E-state index in [1.54, 1.807) is 23.9 Å². The van der Waals surface area contributed by atoms with Crippen LogP contribution in [0.1, 0.15) is 5.82 Å². The summed E-state index contributed by atoms with van der Waals surface area (Å²) < 4.78 is 28.1. The molecule has 2 aromatic heterocycles. The largest absolute Gasteiger partial charge is 0.324 e. The Hall–Kier alpha value is -3.36. The van der Waals surface area contributed by atoms with Crippen molar-refractivity contribution >= 4 is 17.5 Å². The Balaban J connectivity index is 1.74. The quantitative estimate of drug-likeness (QED) is 0.773. The number of urea groups is 1. The van der Waals surface area contributed by atoms with Gasteiger partial charge in [-0.05, 0) is 19.1 Å². The molecule has 0 atom stereocenters. The maximum atomic E-state index is 13.5. The Labute approximate surface area is 135 Å². The minimum absolute atomic E-state index is 0.145. The van der Waals surface area contributed by atoms with Gasteiger partial charge < -0.3 is 5.32 Å². The number of halogens is 2. The van der Waals surface area contributed by atoms with E-state index in [2.05, 4.69) is 25.6 Å². The number of benzene rings is 1. The molecule has 0 bridgehead atoms. The van der Waals surface area contributed by atoms with Crippen LogP contribution in [0.3, 0.4) is 0 Å². The Morgan fingerprint density at radius 2 is 1.96 bits per heavy atom. The molecule has 0 aliphatic heterocycles. The summed E-state index contributed by atoms with van der Waals surface area (Å²) in [4.78, 5) is 24.0. The van der Waals surface area contributed by atoms with Crippen molar-refractivity contribution < 1.29 is 13.6 Å². The number of carbonyl (C=O) groups is 1. The van der Waals surface area contributed by atoms with Crippen molar-refractivity contribution in [3.8, 4) is 5.82 Å². The maximum Gasteiger partial charge on any atom is 0.324 e. The number of anilines is 2. The molecule has 3 rings (SSSR count). The third-order valence-electron chi connectivity index (χ3n) is 3.15.